The zero-order valence-electron chi connectivity index (χ0n) is 19.0. The fourth-order valence-corrected chi connectivity index (χ4v) is 4.97. The number of carbonyl (C=O) groups excluding carboxylic acids is 1. The highest BCUT2D eigenvalue weighted by molar-refractivity contribution is 5.87. The van der Waals surface area contributed by atoms with Crippen molar-refractivity contribution < 1.29 is 4.79 Å². The van der Waals surface area contributed by atoms with E-state index in [1.807, 2.05) is 0 Å². The van der Waals surface area contributed by atoms with Crippen LogP contribution in [0.5, 0.6) is 0 Å². The number of aryl methyl sites for hydroxylation is 1. The topological polar surface area (TPSA) is 60.1 Å². The normalized spacial score (nSPS) is 20.2. The lowest BCUT2D eigenvalue weighted by Crippen LogP contribution is -2.40. The number of nitrogens with one attached hydrogen (secondary N) is 1. The van der Waals surface area contributed by atoms with Crippen molar-refractivity contribution >= 4 is 16.8 Å². The molecular formula is C27H35N3O. The fraction of sp³-hybridized carbons (Fsp3) is 0.444. The van der Waals surface area contributed by atoms with Gasteiger partial charge < -0.3 is 15.6 Å². The Hall–Kier alpha value is -2.59. The SMILES string of the molecule is Cc1cccc(C(CC(=O)NC2CCC(N)CC2)c2cn(C(C)C)c3ccccc23)c1. The Morgan fingerprint density at radius 3 is 2.55 bits per heavy atom. The van der Waals surface area contributed by atoms with Crippen molar-refractivity contribution in [3.05, 3.63) is 71.4 Å². The van der Waals surface area contributed by atoms with E-state index in [2.05, 4.69) is 85.4 Å². The van der Waals surface area contributed by atoms with Gasteiger partial charge in [-0.25, -0.2) is 0 Å². The average molecular weight is 418 g/mol. The van der Waals surface area contributed by atoms with Gasteiger partial charge in [-0.15, -0.1) is 0 Å². The minimum Gasteiger partial charge on any atom is -0.353 e. The summed E-state index contributed by atoms with van der Waals surface area (Å²) >= 11 is 0. The third kappa shape index (κ3) is 4.85. The van der Waals surface area contributed by atoms with Crippen LogP contribution in [-0.4, -0.2) is 22.6 Å². The van der Waals surface area contributed by atoms with Crippen molar-refractivity contribution in [3.63, 3.8) is 0 Å². The number of amides is 1. The summed E-state index contributed by atoms with van der Waals surface area (Å²) in [6, 6.07) is 18.0. The van der Waals surface area contributed by atoms with Gasteiger partial charge in [0.25, 0.3) is 0 Å². The molecule has 164 valence electrons. The van der Waals surface area contributed by atoms with Crippen molar-refractivity contribution in [2.75, 3.05) is 0 Å². The Kier molecular flexibility index (Phi) is 6.47. The zero-order chi connectivity index (χ0) is 22.0. The maximum atomic E-state index is 13.2. The summed E-state index contributed by atoms with van der Waals surface area (Å²) < 4.78 is 2.33. The molecule has 4 rings (SSSR count). The lowest BCUT2D eigenvalue weighted by Gasteiger charge is -2.27. The first-order valence-electron chi connectivity index (χ1n) is 11.6. The predicted octanol–water partition coefficient (Wildman–Crippen LogP) is 5.44. The van der Waals surface area contributed by atoms with E-state index in [4.69, 9.17) is 5.73 Å². The number of carbonyl (C=O) groups is 1. The molecule has 0 aliphatic heterocycles. The van der Waals surface area contributed by atoms with Gasteiger partial charge in [0.2, 0.25) is 5.91 Å². The van der Waals surface area contributed by atoms with E-state index in [9.17, 15) is 4.79 Å². The Morgan fingerprint density at radius 1 is 1.10 bits per heavy atom. The minimum absolute atomic E-state index is 0.0237. The number of aromatic nitrogens is 1. The van der Waals surface area contributed by atoms with Crippen molar-refractivity contribution in [3.8, 4) is 0 Å². The number of fused-ring (bicyclic) bond motifs is 1. The number of nitrogens with zero attached hydrogens (tertiary/aromatic N) is 1. The minimum atomic E-state index is 0.0237. The summed E-state index contributed by atoms with van der Waals surface area (Å²) in [6.07, 6.45) is 6.67. The third-order valence-electron chi connectivity index (χ3n) is 6.67. The standard InChI is InChI=1S/C27H35N3O/c1-18(2)30-17-25(23-9-4-5-10-26(23)30)24(20-8-6-7-19(3)15-20)16-27(31)29-22-13-11-21(28)12-14-22/h4-10,15,17-18,21-22,24H,11-14,16,28H2,1-3H3,(H,29,31). The molecule has 3 aromatic rings. The van der Waals surface area contributed by atoms with Crippen LogP contribution < -0.4 is 11.1 Å². The van der Waals surface area contributed by atoms with E-state index >= 15 is 0 Å². The molecule has 1 amide bonds. The van der Waals surface area contributed by atoms with Gasteiger partial charge in [0, 0.05) is 47.6 Å². The second-order valence-electron chi connectivity index (χ2n) is 9.45. The Morgan fingerprint density at radius 2 is 1.84 bits per heavy atom. The van der Waals surface area contributed by atoms with E-state index < -0.39 is 0 Å². The van der Waals surface area contributed by atoms with Crippen molar-refractivity contribution in [1.82, 2.24) is 9.88 Å². The van der Waals surface area contributed by atoms with Crippen LogP contribution >= 0.6 is 0 Å². The van der Waals surface area contributed by atoms with E-state index in [1.165, 1.54) is 27.6 Å². The summed E-state index contributed by atoms with van der Waals surface area (Å²) in [6.45, 7) is 6.53. The molecule has 1 fully saturated rings. The van der Waals surface area contributed by atoms with Gasteiger partial charge in [-0.1, -0.05) is 48.0 Å². The second-order valence-corrected chi connectivity index (χ2v) is 9.45. The molecule has 1 aliphatic rings. The first-order valence-corrected chi connectivity index (χ1v) is 11.6. The van der Waals surface area contributed by atoms with Gasteiger partial charge in [0.15, 0.2) is 0 Å². The molecule has 1 heterocycles. The van der Waals surface area contributed by atoms with Crippen LogP contribution in [0.3, 0.4) is 0 Å². The fourth-order valence-electron chi connectivity index (χ4n) is 4.97. The van der Waals surface area contributed by atoms with Crippen LogP contribution in [0.25, 0.3) is 10.9 Å². The van der Waals surface area contributed by atoms with Crippen LogP contribution in [0.15, 0.2) is 54.7 Å². The van der Waals surface area contributed by atoms with Gasteiger partial charge >= 0.3 is 0 Å². The molecule has 0 saturated heterocycles. The maximum absolute atomic E-state index is 13.2. The van der Waals surface area contributed by atoms with Crippen molar-refractivity contribution in [1.29, 1.82) is 0 Å². The third-order valence-corrected chi connectivity index (χ3v) is 6.67. The second kappa shape index (κ2) is 9.27. The van der Waals surface area contributed by atoms with Gasteiger partial charge in [-0.3, -0.25) is 4.79 Å². The Labute approximate surface area is 185 Å². The average Bonchev–Trinajstić information content (AvgIpc) is 3.13. The first kappa shape index (κ1) is 21.6. The van der Waals surface area contributed by atoms with Crippen molar-refractivity contribution in [2.45, 2.75) is 76.9 Å². The number of benzene rings is 2. The summed E-state index contributed by atoms with van der Waals surface area (Å²) in [4.78, 5) is 13.2. The zero-order valence-corrected chi connectivity index (χ0v) is 19.0. The molecule has 1 atom stereocenters. The quantitative estimate of drug-likeness (QED) is 0.561. The highest BCUT2D eigenvalue weighted by Gasteiger charge is 2.26. The van der Waals surface area contributed by atoms with Crippen LogP contribution in [0.1, 0.15) is 74.6 Å². The molecule has 1 saturated carbocycles. The van der Waals surface area contributed by atoms with E-state index in [1.54, 1.807) is 0 Å². The smallest absolute Gasteiger partial charge is 0.221 e. The number of rotatable bonds is 6. The molecule has 4 heteroatoms. The number of para-hydroxylation sites is 1. The Bertz CT molecular complexity index is 1040. The monoisotopic (exact) mass is 417 g/mol. The van der Waals surface area contributed by atoms with E-state index in [0.29, 0.717) is 12.5 Å². The lowest BCUT2D eigenvalue weighted by atomic mass is 9.86. The molecule has 31 heavy (non-hydrogen) atoms. The van der Waals surface area contributed by atoms with E-state index in [-0.39, 0.29) is 23.9 Å². The Balaban J connectivity index is 1.68. The summed E-state index contributed by atoms with van der Waals surface area (Å²) in [5.74, 6) is 0.156. The van der Waals surface area contributed by atoms with Gasteiger partial charge in [-0.2, -0.15) is 0 Å². The van der Waals surface area contributed by atoms with Gasteiger partial charge in [-0.05, 0) is 63.6 Å². The molecular weight excluding hydrogens is 382 g/mol. The van der Waals surface area contributed by atoms with Crippen LogP contribution in [0.4, 0.5) is 0 Å². The van der Waals surface area contributed by atoms with Crippen LogP contribution in [-0.2, 0) is 4.79 Å². The molecule has 1 aliphatic carbocycles. The molecule has 2 aromatic carbocycles. The largest absolute Gasteiger partial charge is 0.353 e. The highest BCUT2D eigenvalue weighted by Crippen LogP contribution is 2.36. The van der Waals surface area contributed by atoms with Gasteiger partial charge in [0.1, 0.15) is 0 Å². The molecule has 1 aromatic heterocycles. The molecule has 0 spiro atoms. The van der Waals surface area contributed by atoms with Crippen LogP contribution in [0, 0.1) is 6.92 Å². The summed E-state index contributed by atoms with van der Waals surface area (Å²) in [7, 11) is 0. The maximum Gasteiger partial charge on any atom is 0.221 e. The van der Waals surface area contributed by atoms with Gasteiger partial charge in [0.05, 0.1) is 0 Å². The molecule has 0 radical (unpaired) electrons. The first-order chi connectivity index (χ1) is 14.9. The highest BCUT2D eigenvalue weighted by atomic mass is 16.1. The number of hydrogen-bond donors (Lipinski definition) is 2. The molecule has 3 N–H and O–H groups in total. The summed E-state index contributed by atoms with van der Waals surface area (Å²) in [5, 5.41) is 4.54. The molecule has 0 bridgehead atoms. The molecule has 4 nitrogen and oxygen atoms in total. The lowest BCUT2D eigenvalue weighted by molar-refractivity contribution is -0.122. The summed E-state index contributed by atoms with van der Waals surface area (Å²) in [5.41, 5.74) is 10.9. The molecule has 1 unspecified atom stereocenters. The van der Waals surface area contributed by atoms with E-state index in [0.717, 1.165) is 25.7 Å². The van der Waals surface area contributed by atoms with Crippen LogP contribution in [0.2, 0.25) is 0 Å². The number of hydrogen-bond acceptors (Lipinski definition) is 2. The number of nitrogens with two attached hydrogens (primary N) is 1. The predicted molar refractivity (Wildman–Crippen MR) is 128 cm³/mol. The van der Waals surface area contributed by atoms with Crippen molar-refractivity contribution in [2.24, 2.45) is 5.73 Å².